The molecule has 1 N–H and O–H groups in total. The normalized spacial score (nSPS) is 18.1. The first-order valence-electron chi connectivity index (χ1n) is 6.50. The van der Waals surface area contributed by atoms with Crippen LogP contribution in [0.2, 0.25) is 0 Å². The maximum Gasteiger partial charge on any atom is 0.327 e. The maximum atomic E-state index is 12.6. The number of hydrogen-bond acceptors (Lipinski definition) is 3. The van der Waals surface area contributed by atoms with Gasteiger partial charge in [-0.15, -0.1) is 11.8 Å². The van der Waals surface area contributed by atoms with Gasteiger partial charge in [-0.2, -0.15) is 0 Å². The average molecular weight is 294 g/mol. The van der Waals surface area contributed by atoms with E-state index in [1.54, 1.807) is 4.90 Å². The van der Waals surface area contributed by atoms with E-state index in [9.17, 15) is 14.7 Å². The average Bonchev–Trinajstić information content (AvgIpc) is 2.89. The van der Waals surface area contributed by atoms with Crippen molar-refractivity contribution in [2.24, 2.45) is 0 Å². The summed E-state index contributed by atoms with van der Waals surface area (Å²) >= 11 is 1.47. The van der Waals surface area contributed by atoms with Crippen molar-refractivity contribution in [3.05, 3.63) is 29.8 Å². The number of rotatable bonds is 3. The van der Waals surface area contributed by atoms with Crippen LogP contribution >= 0.6 is 11.8 Å². The van der Waals surface area contributed by atoms with Crippen LogP contribution in [0.25, 0.3) is 0 Å². The molecule has 0 saturated carbocycles. The maximum absolute atomic E-state index is 12.6. The second-order valence-electron chi connectivity index (χ2n) is 4.69. The van der Waals surface area contributed by atoms with E-state index >= 15 is 0 Å². The van der Waals surface area contributed by atoms with Gasteiger partial charge in [-0.05, 0) is 31.5 Å². The Balaban J connectivity index is 2.23. The number of nitrogens with zero attached hydrogens (tertiary/aromatic N) is 2. The lowest BCUT2D eigenvalue weighted by atomic mass is 10.2. The van der Waals surface area contributed by atoms with Crippen molar-refractivity contribution in [3.8, 4) is 0 Å². The Kier molecular flexibility index (Phi) is 4.54. The van der Waals surface area contributed by atoms with Crippen LogP contribution in [0.3, 0.4) is 0 Å². The SMILES string of the molecule is CCN(C(=O)N1CSC[C@H]1C(=O)O)c1cccc(C)c1. The molecular formula is C14H18N2O3S. The fraction of sp³-hybridized carbons (Fsp3) is 0.429. The number of carboxylic acids is 1. The second kappa shape index (κ2) is 6.17. The first kappa shape index (κ1) is 14.7. The molecule has 1 fully saturated rings. The number of carbonyl (C=O) groups excluding carboxylic acids is 1. The molecule has 0 aliphatic carbocycles. The zero-order valence-electron chi connectivity index (χ0n) is 11.6. The van der Waals surface area contributed by atoms with E-state index in [4.69, 9.17) is 0 Å². The molecule has 1 aliphatic rings. The van der Waals surface area contributed by atoms with Crippen LogP contribution in [-0.4, -0.2) is 46.2 Å². The molecule has 1 aliphatic heterocycles. The Morgan fingerprint density at radius 1 is 1.50 bits per heavy atom. The molecule has 0 bridgehead atoms. The molecular weight excluding hydrogens is 276 g/mol. The molecule has 6 heteroatoms. The number of benzene rings is 1. The Hall–Kier alpha value is -1.69. The van der Waals surface area contributed by atoms with E-state index < -0.39 is 12.0 Å². The highest BCUT2D eigenvalue weighted by atomic mass is 32.2. The van der Waals surface area contributed by atoms with Gasteiger partial charge in [0.05, 0.1) is 5.88 Å². The Bertz CT molecular complexity index is 521. The highest BCUT2D eigenvalue weighted by Gasteiger charge is 2.36. The molecule has 1 saturated heterocycles. The summed E-state index contributed by atoms with van der Waals surface area (Å²) in [6.07, 6.45) is 0. The van der Waals surface area contributed by atoms with E-state index in [2.05, 4.69) is 0 Å². The molecule has 0 aromatic heterocycles. The monoisotopic (exact) mass is 294 g/mol. The quantitative estimate of drug-likeness (QED) is 0.930. The Labute approximate surface area is 122 Å². The van der Waals surface area contributed by atoms with Crippen molar-refractivity contribution in [3.63, 3.8) is 0 Å². The number of amides is 2. The largest absolute Gasteiger partial charge is 0.480 e. The number of carboxylic acid groups (broad SMARTS) is 1. The second-order valence-corrected chi connectivity index (χ2v) is 5.69. The summed E-state index contributed by atoms with van der Waals surface area (Å²) in [4.78, 5) is 26.8. The van der Waals surface area contributed by atoms with E-state index in [1.165, 1.54) is 16.7 Å². The number of anilines is 1. The zero-order chi connectivity index (χ0) is 14.7. The van der Waals surface area contributed by atoms with Gasteiger partial charge in [0.2, 0.25) is 0 Å². The third kappa shape index (κ3) is 2.90. The lowest BCUT2D eigenvalue weighted by molar-refractivity contribution is -0.140. The summed E-state index contributed by atoms with van der Waals surface area (Å²) in [6.45, 7) is 4.36. The first-order valence-corrected chi connectivity index (χ1v) is 7.65. The molecule has 2 amide bonds. The number of aliphatic carboxylic acids is 1. The summed E-state index contributed by atoms with van der Waals surface area (Å²) in [5.74, 6) is -0.0615. The smallest absolute Gasteiger partial charge is 0.327 e. The highest BCUT2D eigenvalue weighted by Crippen LogP contribution is 2.25. The summed E-state index contributed by atoms with van der Waals surface area (Å²) in [5, 5.41) is 9.18. The van der Waals surface area contributed by atoms with Crippen LogP contribution in [0.5, 0.6) is 0 Å². The van der Waals surface area contributed by atoms with Crippen molar-refractivity contribution in [1.82, 2.24) is 4.90 Å². The van der Waals surface area contributed by atoms with E-state index in [0.717, 1.165) is 11.3 Å². The lowest BCUT2D eigenvalue weighted by Gasteiger charge is -2.29. The molecule has 0 spiro atoms. The third-order valence-corrected chi connectivity index (χ3v) is 4.29. The van der Waals surface area contributed by atoms with Gasteiger partial charge in [0.25, 0.3) is 0 Å². The van der Waals surface area contributed by atoms with Gasteiger partial charge < -0.3 is 10.0 Å². The summed E-state index contributed by atoms with van der Waals surface area (Å²) in [6, 6.07) is 6.69. The molecule has 0 unspecified atom stereocenters. The number of urea groups is 1. The first-order chi connectivity index (χ1) is 9.54. The van der Waals surface area contributed by atoms with Gasteiger partial charge in [-0.3, -0.25) is 4.90 Å². The third-order valence-electron chi connectivity index (χ3n) is 3.27. The van der Waals surface area contributed by atoms with Crippen molar-refractivity contribution in [1.29, 1.82) is 0 Å². The fourth-order valence-corrected chi connectivity index (χ4v) is 3.35. The van der Waals surface area contributed by atoms with Gasteiger partial charge in [-0.1, -0.05) is 12.1 Å². The molecule has 1 atom stereocenters. The summed E-state index contributed by atoms with van der Waals surface area (Å²) < 4.78 is 0. The molecule has 108 valence electrons. The van der Waals surface area contributed by atoms with Crippen LogP contribution < -0.4 is 4.90 Å². The molecule has 1 aromatic carbocycles. The molecule has 5 nitrogen and oxygen atoms in total. The van der Waals surface area contributed by atoms with Gasteiger partial charge in [0.1, 0.15) is 6.04 Å². The van der Waals surface area contributed by atoms with Gasteiger partial charge in [0.15, 0.2) is 0 Å². The Morgan fingerprint density at radius 2 is 2.25 bits per heavy atom. The van der Waals surface area contributed by atoms with E-state index in [1.807, 2.05) is 38.1 Å². The molecule has 1 aromatic rings. The highest BCUT2D eigenvalue weighted by molar-refractivity contribution is 7.99. The predicted molar refractivity (Wildman–Crippen MR) is 80.2 cm³/mol. The number of hydrogen-bond donors (Lipinski definition) is 1. The van der Waals surface area contributed by atoms with Gasteiger partial charge in [0, 0.05) is 18.0 Å². The predicted octanol–water partition coefficient (Wildman–Crippen LogP) is 2.40. The fourth-order valence-electron chi connectivity index (χ4n) is 2.21. The van der Waals surface area contributed by atoms with Crippen LogP contribution in [0.15, 0.2) is 24.3 Å². The van der Waals surface area contributed by atoms with Gasteiger partial charge >= 0.3 is 12.0 Å². The van der Waals surface area contributed by atoms with Crippen LogP contribution in [0.4, 0.5) is 10.5 Å². The lowest BCUT2D eigenvalue weighted by Crippen LogP contribution is -2.49. The minimum absolute atomic E-state index is 0.240. The molecule has 1 heterocycles. The topological polar surface area (TPSA) is 60.9 Å². The van der Waals surface area contributed by atoms with E-state index in [-0.39, 0.29) is 6.03 Å². The van der Waals surface area contributed by atoms with Crippen molar-refractivity contribution >= 4 is 29.4 Å². The van der Waals surface area contributed by atoms with Crippen LogP contribution in [-0.2, 0) is 4.79 Å². The van der Waals surface area contributed by atoms with Crippen LogP contribution in [0, 0.1) is 6.92 Å². The minimum Gasteiger partial charge on any atom is -0.480 e. The molecule has 0 radical (unpaired) electrons. The van der Waals surface area contributed by atoms with Crippen LogP contribution in [0.1, 0.15) is 12.5 Å². The molecule has 2 rings (SSSR count). The Morgan fingerprint density at radius 3 is 2.85 bits per heavy atom. The number of carbonyl (C=O) groups is 2. The van der Waals surface area contributed by atoms with Gasteiger partial charge in [-0.25, -0.2) is 9.59 Å². The summed E-state index contributed by atoms with van der Waals surface area (Å²) in [7, 11) is 0. The number of aryl methyl sites for hydroxylation is 1. The zero-order valence-corrected chi connectivity index (χ0v) is 12.4. The summed E-state index contributed by atoms with van der Waals surface area (Å²) in [5.41, 5.74) is 1.87. The van der Waals surface area contributed by atoms with Crippen molar-refractivity contribution < 1.29 is 14.7 Å². The standard InChI is InChI=1S/C14H18N2O3S/c1-3-15(11-6-4-5-10(2)7-11)14(19)16-9-20-8-12(16)13(17)18/h4-7,12H,3,8-9H2,1-2H3,(H,17,18)/t12-/m0/s1. The van der Waals surface area contributed by atoms with Crippen molar-refractivity contribution in [2.75, 3.05) is 23.1 Å². The minimum atomic E-state index is -0.941. The van der Waals surface area contributed by atoms with E-state index in [0.29, 0.717) is 18.2 Å². The van der Waals surface area contributed by atoms with Crippen molar-refractivity contribution in [2.45, 2.75) is 19.9 Å². The number of thioether (sulfide) groups is 1. The molecule has 20 heavy (non-hydrogen) atoms.